The van der Waals surface area contributed by atoms with E-state index in [0.29, 0.717) is 11.6 Å². The fourth-order valence-electron chi connectivity index (χ4n) is 5.34. The highest BCUT2D eigenvalue weighted by Gasteiger charge is 2.42. The minimum Gasteiger partial charge on any atom is -0.495 e. The van der Waals surface area contributed by atoms with E-state index >= 15 is 0 Å². The minimum atomic E-state index is -0.126. The Morgan fingerprint density at radius 3 is 2.91 bits per heavy atom. The number of nitrogens with zero attached hydrogens (tertiary/aromatic N) is 2. The van der Waals surface area contributed by atoms with Crippen molar-refractivity contribution < 1.29 is 14.3 Å². The molecule has 0 spiro atoms. The predicted molar refractivity (Wildman–Crippen MR) is 127 cm³/mol. The average molecular weight is 456 g/mol. The van der Waals surface area contributed by atoms with E-state index in [0.717, 1.165) is 56.9 Å². The zero-order valence-electron chi connectivity index (χ0n) is 18.4. The SMILES string of the molecule is COc1ccc(Cl)cc1N1CCN2c3ccccc3C[C@H](C(=O)NC[C@H]3CCCO3)[C@H]2C1. The Morgan fingerprint density at radius 1 is 1.22 bits per heavy atom. The number of amides is 1. The lowest BCUT2D eigenvalue weighted by Gasteiger charge is -2.49. The number of hydrogen-bond acceptors (Lipinski definition) is 5. The second-order valence-corrected chi connectivity index (χ2v) is 9.28. The molecule has 0 unspecified atom stereocenters. The summed E-state index contributed by atoms with van der Waals surface area (Å²) in [4.78, 5) is 18.1. The normalized spacial score (nSPS) is 24.6. The molecule has 0 aliphatic carbocycles. The van der Waals surface area contributed by atoms with Gasteiger partial charge in [-0.1, -0.05) is 29.8 Å². The Balaban J connectivity index is 1.41. The van der Waals surface area contributed by atoms with Crippen molar-refractivity contribution >= 4 is 28.9 Å². The van der Waals surface area contributed by atoms with E-state index in [1.165, 1.54) is 11.3 Å². The zero-order valence-corrected chi connectivity index (χ0v) is 19.2. The van der Waals surface area contributed by atoms with E-state index < -0.39 is 0 Å². The molecule has 2 aromatic carbocycles. The summed E-state index contributed by atoms with van der Waals surface area (Å²) in [5.41, 5.74) is 3.48. The molecule has 1 amide bonds. The van der Waals surface area contributed by atoms with Crippen LogP contribution in [0.25, 0.3) is 0 Å². The largest absolute Gasteiger partial charge is 0.495 e. The molecule has 0 radical (unpaired) electrons. The van der Waals surface area contributed by atoms with Gasteiger partial charge >= 0.3 is 0 Å². The van der Waals surface area contributed by atoms with Crippen LogP contribution in [0.3, 0.4) is 0 Å². The van der Waals surface area contributed by atoms with Gasteiger partial charge in [0.1, 0.15) is 5.75 Å². The molecule has 3 heterocycles. The molecule has 1 N–H and O–H groups in total. The summed E-state index contributed by atoms with van der Waals surface area (Å²) in [6.45, 7) is 3.81. The number of anilines is 2. The van der Waals surface area contributed by atoms with E-state index in [-0.39, 0.29) is 24.0 Å². The first-order valence-electron chi connectivity index (χ1n) is 11.5. The van der Waals surface area contributed by atoms with Crippen LogP contribution in [-0.2, 0) is 16.0 Å². The van der Waals surface area contributed by atoms with Crippen molar-refractivity contribution in [2.45, 2.75) is 31.4 Å². The summed E-state index contributed by atoms with van der Waals surface area (Å²) in [6.07, 6.45) is 2.98. The first-order chi connectivity index (χ1) is 15.6. The highest BCUT2D eigenvalue weighted by molar-refractivity contribution is 6.31. The third-order valence-electron chi connectivity index (χ3n) is 6.97. The Hall–Kier alpha value is -2.44. The molecule has 170 valence electrons. The van der Waals surface area contributed by atoms with Gasteiger partial charge in [-0.3, -0.25) is 4.79 Å². The van der Waals surface area contributed by atoms with Crippen LogP contribution < -0.4 is 19.9 Å². The molecular formula is C25H30ClN3O3. The van der Waals surface area contributed by atoms with Gasteiger partial charge in [0.15, 0.2) is 0 Å². The molecule has 3 aliphatic heterocycles. The summed E-state index contributed by atoms with van der Waals surface area (Å²) in [7, 11) is 1.68. The number of benzene rings is 2. The number of rotatable bonds is 5. The first kappa shape index (κ1) is 21.4. The van der Waals surface area contributed by atoms with Crippen molar-refractivity contribution in [3.63, 3.8) is 0 Å². The van der Waals surface area contributed by atoms with E-state index in [4.69, 9.17) is 21.1 Å². The fraction of sp³-hybridized carbons (Fsp3) is 0.480. The van der Waals surface area contributed by atoms with Crippen LogP contribution in [0.2, 0.25) is 5.02 Å². The number of piperazine rings is 1. The van der Waals surface area contributed by atoms with Crippen LogP contribution in [-0.4, -0.2) is 57.9 Å². The molecule has 32 heavy (non-hydrogen) atoms. The number of methoxy groups -OCH3 is 1. The smallest absolute Gasteiger partial charge is 0.225 e. The molecule has 6 nitrogen and oxygen atoms in total. The van der Waals surface area contributed by atoms with Crippen LogP contribution in [0.15, 0.2) is 42.5 Å². The van der Waals surface area contributed by atoms with Gasteiger partial charge in [-0.05, 0) is 49.1 Å². The van der Waals surface area contributed by atoms with Crippen LogP contribution in [0.4, 0.5) is 11.4 Å². The Kier molecular flexibility index (Phi) is 6.15. The maximum atomic E-state index is 13.4. The Morgan fingerprint density at radius 2 is 2.09 bits per heavy atom. The number of ether oxygens (including phenoxy) is 2. The topological polar surface area (TPSA) is 54.0 Å². The summed E-state index contributed by atoms with van der Waals surface area (Å²) in [5.74, 6) is 0.794. The van der Waals surface area contributed by atoms with Crippen LogP contribution >= 0.6 is 11.6 Å². The molecule has 3 aliphatic rings. The van der Waals surface area contributed by atoms with Crippen LogP contribution in [0, 0.1) is 5.92 Å². The van der Waals surface area contributed by atoms with Gasteiger partial charge in [-0.25, -0.2) is 0 Å². The Bertz CT molecular complexity index is 979. The summed E-state index contributed by atoms with van der Waals surface area (Å²) < 4.78 is 11.3. The van der Waals surface area contributed by atoms with Gasteiger partial charge in [0, 0.05) is 43.5 Å². The highest BCUT2D eigenvalue weighted by Crippen LogP contribution is 2.39. The number of nitrogens with one attached hydrogen (secondary N) is 1. The lowest BCUT2D eigenvalue weighted by atomic mass is 9.83. The van der Waals surface area contributed by atoms with Crippen molar-refractivity contribution in [1.82, 2.24) is 5.32 Å². The number of hydrogen-bond donors (Lipinski definition) is 1. The maximum absolute atomic E-state index is 13.4. The standard InChI is InChI=1S/C25H30ClN3O3/c1-31-24-9-8-18(26)14-22(24)28-10-11-29-21-7-3-2-5-17(21)13-20(23(29)16-28)25(30)27-15-19-6-4-12-32-19/h2-3,5,7-9,14,19-20,23H,4,6,10-13,15-16H2,1H3,(H,27,30)/t19-,20+,23-/m1/s1. The number of carbonyl (C=O) groups is 1. The molecule has 2 fully saturated rings. The van der Waals surface area contributed by atoms with Crippen LogP contribution in [0.5, 0.6) is 5.75 Å². The van der Waals surface area contributed by atoms with E-state index in [2.05, 4.69) is 39.4 Å². The van der Waals surface area contributed by atoms with Gasteiger partial charge in [-0.15, -0.1) is 0 Å². The quantitative estimate of drug-likeness (QED) is 0.747. The van der Waals surface area contributed by atoms with E-state index in [9.17, 15) is 4.79 Å². The molecule has 0 saturated carbocycles. The lowest BCUT2D eigenvalue weighted by molar-refractivity contribution is -0.126. The van der Waals surface area contributed by atoms with Crippen LogP contribution in [0.1, 0.15) is 18.4 Å². The monoisotopic (exact) mass is 455 g/mol. The second kappa shape index (κ2) is 9.20. The summed E-state index contributed by atoms with van der Waals surface area (Å²) in [5, 5.41) is 3.87. The lowest BCUT2D eigenvalue weighted by Crippen LogP contribution is -2.61. The predicted octanol–water partition coefficient (Wildman–Crippen LogP) is 3.51. The van der Waals surface area contributed by atoms with Crippen molar-refractivity contribution in [3.05, 3.63) is 53.1 Å². The molecule has 0 bridgehead atoms. The van der Waals surface area contributed by atoms with E-state index in [1.807, 2.05) is 18.2 Å². The van der Waals surface area contributed by atoms with Gasteiger partial charge in [0.2, 0.25) is 5.91 Å². The fourth-order valence-corrected chi connectivity index (χ4v) is 5.50. The zero-order chi connectivity index (χ0) is 22.1. The third kappa shape index (κ3) is 4.14. The first-order valence-corrected chi connectivity index (χ1v) is 11.8. The number of fused-ring (bicyclic) bond motifs is 3. The van der Waals surface area contributed by atoms with Gasteiger partial charge in [0.05, 0.1) is 30.9 Å². The molecule has 7 heteroatoms. The van der Waals surface area contributed by atoms with Crippen molar-refractivity contribution in [2.75, 3.05) is 49.7 Å². The number of halogens is 1. The van der Waals surface area contributed by atoms with E-state index in [1.54, 1.807) is 7.11 Å². The molecule has 0 aromatic heterocycles. The Labute approximate surface area is 194 Å². The average Bonchev–Trinajstić information content (AvgIpc) is 3.35. The summed E-state index contributed by atoms with van der Waals surface area (Å²) in [6, 6.07) is 14.3. The minimum absolute atomic E-state index is 0.0758. The molecule has 2 aromatic rings. The van der Waals surface area contributed by atoms with Crippen molar-refractivity contribution in [3.8, 4) is 5.75 Å². The second-order valence-electron chi connectivity index (χ2n) is 8.84. The molecule has 2 saturated heterocycles. The van der Waals surface area contributed by atoms with Gasteiger partial charge in [-0.2, -0.15) is 0 Å². The maximum Gasteiger partial charge on any atom is 0.225 e. The number of para-hydroxylation sites is 1. The van der Waals surface area contributed by atoms with Gasteiger partial charge in [0.25, 0.3) is 0 Å². The van der Waals surface area contributed by atoms with Crippen molar-refractivity contribution in [1.29, 1.82) is 0 Å². The highest BCUT2D eigenvalue weighted by atomic mass is 35.5. The number of carbonyl (C=O) groups excluding carboxylic acids is 1. The molecule has 3 atom stereocenters. The summed E-state index contributed by atoms with van der Waals surface area (Å²) >= 11 is 6.31. The van der Waals surface area contributed by atoms with Gasteiger partial charge < -0.3 is 24.6 Å². The van der Waals surface area contributed by atoms with Crippen molar-refractivity contribution in [2.24, 2.45) is 5.92 Å². The third-order valence-corrected chi connectivity index (χ3v) is 7.21. The molecular weight excluding hydrogens is 426 g/mol. The molecule has 5 rings (SSSR count).